The van der Waals surface area contributed by atoms with E-state index in [0.29, 0.717) is 0 Å². The quantitative estimate of drug-likeness (QED) is 0.799. The fraction of sp³-hybridized carbons (Fsp3) is 0.615. The summed E-state index contributed by atoms with van der Waals surface area (Å²) in [5.74, 6) is 0. The maximum absolute atomic E-state index is 6.30. The van der Waals surface area contributed by atoms with Gasteiger partial charge in [-0.1, -0.05) is 13.8 Å². The topological polar surface area (TPSA) is 42.1 Å². The van der Waals surface area contributed by atoms with Gasteiger partial charge in [0.05, 0.1) is 0 Å². The molecule has 1 rings (SSSR count). The number of nitrogens with two attached hydrogens (primary N) is 1. The van der Waals surface area contributed by atoms with E-state index in [1.807, 2.05) is 24.5 Å². The Labute approximate surface area is 98.7 Å². The molecule has 0 amide bonds. The minimum Gasteiger partial charge on any atom is -0.324 e. The van der Waals surface area contributed by atoms with E-state index in [1.54, 1.807) is 0 Å². The molecule has 3 nitrogen and oxygen atoms in total. The summed E-state index contributed by atoms with van der Waals surface area (Å²) in [4.78, 5) is 6.30. The normalized spacial score (nSPS) is 12.1. The summed E-state index contributed by atoms with van der Waals surface area (Å²) in [6.07, 6.45) is 5.70. The molecule has 3 heteroatoms. The molecule has 1 aromatic heterocycles. The van der Waals surface area contributed by atoms with Crippen LogP contribution < -0.4 is 5.73 Å². The van der Waals surface area contributed by atoms with Crippen LogP contribution in [-0.2, 0) is 6.54 Å². The second-order valence-corrected chi connectivity index (χ2v) is 4.60. The first-order valence-electron chi connectivity index (χ1n) is 5.96. The highest BCUT2D eigenvalue weighted by Gasteiger charge is 2.21. The molecule has 0 saturated carbocycles. The monoisotopic (exact) mass is 221 g/mol. The zero-order valence-corrected chi connectivity index (χ0v) is 10.6. The standard InChI is InChI=1S/C13H23N3/c1-4-13(14,5-2)11-16(3)10-12-6-8-15-9-7-12/h6-9H,4-5,10-11,14H2,1-3H3. The average Bonchev–Trinajstić information content (AvgIpc) is 2.30. The molecule has 0 aromatic carbocycles. The number of likely N-dealkylation sites (N-methyl/N-ethyl adjacent to an activating group) is 1. The molecule has 0 unspecified atom stereocenters. The molecular formula is C13H23N3. The Kier molecular flexibility index (Phi) is 4.90. The third-order valence-corrected chi connectivity index (χ3v) is 3.19. The summed E-state index contributed by atoms with van der Waals surface area (Å²) in [6.45, 7) is 6.18. The number of rotatable bonds is 6. The highest BCUT2D eigenvalue weighted by atomic mass is 15.1. The highest BCUT2D eigenvalue weighted by molar-refractivity contribution is 5.09. The Balaban J connectivity index is 2.50. The molecular weight excluding hydrogens is 198 g/mol. The van der Waals surface area contributed by atoms with E-state index in [2.05, 4.69) is 30.8 Å². The summed E-state index contributed by atoms with van der Waals surface area (Å²) >= 11 is 0. The largest absolute Gasteiger partial charge is 0.324 e. The Hall–Kier alpha value is -0.930. The lowest BCUT2D eigenvalue weighted by Gasteiger charge is -2.31. The molecule has 0 aliphatic heterocycles. The van der Waals surface area contributed by atoms with Crippen molar-refractivity contribution in [2.75, 3.05) is 13.6 Å². The van der Waals surface area contributed by atoms with Gasteiger partial charge in [0.1, 0.15) is 0 Å². The molecule has 16 heavy (non-hydrogen) atoms. The molecule has 90 valence electrons. The van der Waals surface area contributed by atoms with Gasteiger partial charge in [0, 0.05) is 31.0 Å². The molecule has 0 atom stereocenters. The highest BCUT2D eigenvalue weighted by Crippen LogP contribution is 2.13. The summed E-state index contributed by atoms with van der Waals surface area (Å²) < 4.78 is 0. The predicted molar refractivity (Wildman–Crippen MR) is 68.1 cm³/mol. The molecule has 0 bridgehead atoms. The third-order valence-electron chi connectivity index (χ3n) is 3.19. The fourth-order valence-corrected chi connectivity index (χ4v) is 1.87. The van der Waals surface area contributed by atoms with Crippen LogP contribution in [0.25, 0.3) is 0 Å². The van der Waals surface area contributed by atoms with Crippen LogP contribution in [0.5, 0.6) is 0 Å². The van der Waals surface area contributed by atoms with E-state index in [1.165, 1.54) is 5.56 Å². The van der Waals surface area contributed by atoms with Crippen molar-refractivity contribution in [3.8, 4) is 0 Å². The van der Waals surface area contributed by atoms with Gasteiger partial charge < -0.3 is 10.6 Å². The van der Waals surface area contributed by atoms with Gasteiger partial charge in [0.2, 0.25) is 0 Å². The summed E-state index contributed by atoms with van der Waals surface area (Å²) in [5.41, 5.74) is 7.53. The molecule has 0 radical (unpaired) electrons. The van der Waals surface area contributed by atoms with Gasteiger partial charge >= 0.3 is 0 Å². The van der Waals surface area contributed by atoms with Crippen molar-refractivity contribution in [1.82, 2.24) is 9.88 Å². The van der Waals surface area contributed by atoms with Crippen LogP contribution in [0.2, 0.25) is 0 Å². The molecule has 2 N–H and O–H groups in total. The van der Waals surface area contributed by atoms with E-state index in [0.717, 1.165) is 25.9 Å². The van der Waals surface area contributed by atoms with Crippen LogP contribution in [0, 0.1) is 0 Å². The summed E-state index contributed by atoms with van der Waals surface area (Å²) in [5, 5.41) is 0. The maximum Gasteiger partial charge on any atom is 0.0278 e. The van der Waals surface area contributed by atoms with Crippen LogP contribution in [0.15, 0.2) is 24.5 Å². The molecule has 0 saturated heterocycles. The number of pyridine rings is 1. The second-order valence-electron chi connectivity index (χ2n) is 4.60. The molecule has 1 heterocycles. The Bertz CT molecular complexity index is 293. The van der Waals surface area contributed by atoms with Gasteiger partial charge in [-0.15, -0.1) is 0 Å². The van der Waals surface area contributed by atoms with Crippen molar-refractivity contribution in [3.63, 3.8) is 0 Å². The smallest absolute Gasteiger partial charge is 0.0278 e. The summed E-state index contributed by atoms with van der Waals surface area (Å²) in [7, 11) is 2.12. The average molecular weight is 221 g/mol. The summed E-state index contributed by atoms with van der Waals surface area (Å²) in [6, 6.07) is 4.10. The van der Waals surface area contributed by atoms with Gasteiger partial charge in [0.25, 0.3) is 0 Å². The molecule has 0 aliphatic rings. The Morgan fingerprint density at radius 3 is 2.31 bits per heavy atom. The first-order valence-corrected chi connectivity index (χ1v) is 5.96. The van der Waals surface area contributed by atoms with Crippen molar-refractivity contribution >= 4 is 0 Å². The Morgan fingerprint density at radius 2 is 1.81 bits per heavy atom. The fourth-order valence-electron chi connectivity index (χ4n) is 1.87. The molecule has 0 aliphatic carbocycles. The van der Waals surface area contributed by atoms with E-state index < -0.39 is 0 Å². The zero-order valence-electron chi connectivity index (χ0n) is 10.6. The van der Waals surface area contributed by atoms with Crippen LogP contribution >= 0.6 is 0 Å². The van der Waals surface area contributed by atoms with E-state index in [-0.39, 0.29) is 5.54 Å². The number of aromatic nitrogens is 1. The van der Waals surface area contributed by atoms with Crippen LogP contribution in [0.1, 0.15) is 32.3 Å². The van der Waals surface area contributed by atoms with Crippen LogP contribution in [0.4, 0.5) is 0 Å². The predicted octanol–water partition coefficient (Wildman–Crippen LogP) is 2.03. The minimum absolute atomic E-state index is 0.0538. The van der Waals surface area contributed by atoms with E-state index in [4.69, 9.17) is 5.73 Å². The van der Waals surface area contributed by atoms with Gasteiger partial charge in [-0.05, 0) is 37.6 Å². The lowest BCUT2D eigenvalue weighted by atomic mass is 9.93. The maximum atomic E-state index is 6.30. The molecule has 0 fully saturated rings. The van der Waals surface area contributed by atoms with Crippen molar-refractivity contribution in [3.05, 3.63) is 30.1 Å². The third kappa shape index (κ3) is 3.91. The second kappa shape index (κ2) is 5.97. The van der Waals surface area contributed by atoms with Gasteiger partial charge in [-0.3, -0.25) is 4.98 Å². The lowest BCUT2D eigenvalue weighted by molar-refractivity contribution is 0.228. The van der Waals surface area contributed by atoms with Gasteiger partial charge in [-0.2, -0.15) is 0 Å². The first-order chi connectivity index (χ1) is 7.59. The zero-order chi connectivity index (χ0) is 12.0. The lowest BCUT2D eigenvalue weighted by Crippen LogP contribution is -2.48. The minimum atomic E-state index is -0.0538. The van der Waals surface area contributed by atoms with Crippen molar-refractivity contribution in [2.24, 2.45) is 5.73 Å². The van der Waals surface area contributed by atoms with Crippen molar-refractivity contribution < 1.29 is 0 Å². The molecule has 1 aromatic rings. The van der Waals surface area contributed by atoms with E-state index in [9.17, 15) is 0 Å². The van der Waals surface area contributed by atoms with Crippen LogP contribution in [0.3, 0.4) is 0 Å². The number of hydrogen-bond donors (Lipinski definition) is 1. The van der Waals surface area contributed by atoms with Crippen molar-refractivity contribution in [1.29, 1.82) is 0 Å². The number of hydrogen-bond acceptors (Lipinski definition) is 3. The Morgan fingerprint density at radius 1 is 1.25 bits per heavy atom. The van der Waals surface area contributed by atoms with Crippen LogP contribution in [-0.4, -0.2) is 29.0 Å². The van der Waals surface area contributed by atoms with E-state index >= 15 is 0 Å². The van der Waals surface area contributed by atoms with Gasteiger partial charge in [-0.25, -0.2) is 0 Å². The number of nitrogens with zero attached hydrogens (tertiary/aromatic N) is 2. The van der Waals surface area contributed by atoms with Crippen molar-refractivity contribution in [2.45, 2.75) is 38.8 Å². The SMILES string of the molecule is CCC(N)(CC)CN(C)Cc1ccncc1. The first kappa shape index (κ1) is 13.1. The van der Waals surface area contributed by atoms with Gasteiger partial charge in [0.15, 0.2) is 0 Å². The molecule has 0 spiro atoms.